The van der Waals surface area contributed by atoms with E-state index in [9.17, 15) is 0 Å². The molecule has 10 aromatic rings. The van der Waals surface area contributed by atoms with E-state index in [-0.39, 0.29) is 12.0 Å². The molecule has 3 aliphatic rings. The summed E-state index contributed by atoms with van der Waals surface area (Å²) in [6.45, 7) is 4.00. The monoisotopic (exact) mass is 835 g/mol. The summed E-state index contributed by atoms with van der Waals surface area (Å²) < 4.78 is 4.87. The van der Waals surface area contributed by atoms with Crippen LogP contribution in [0.3, 0.4) is 0 Å². The molecule has 8 aromatic carbocycles. The summed E-state index contributed by atoms with van der Waals surface area (Å²) in [5.74, 6) is 0.226. The van der Waals surface area contributed by atoms with Crippen LogP contribution in [-0.2, 0) is 6.42 Å². The van der Waals surface area contributed by atoms with Crippen molar-refractivity contribution in [2.75, 3.05) is 4.90 Å². The van der Waals surface area contributed by atoms with Crippen LogP contribution >= 0.6 is 0 Å². The quantitative estimate of drug-likeness (QED) is 0.163. The Morgan fingerprint density at radius 2 is 1.09 bits per heavy atom. The first-order chi connectivity index (χ1) is 32.2. The Kier molecular flexibility index (Phi) is 9.56. The number of aryl methyl sites for hydroxylation is 1. The van der Waals surface area contributed by atoms with Crippen LogP contribution in [0, 0.1) is 0 Å². The van der Waals surface area contributed by atoms with Crippen LogP contribution < -0.4 is 4.90 Å². The fourth-order valence-corrected chi connectivity index (χ4v) is 10.8. The predicted octanol–water partition coefficient (Wildman–Crippen LogP) is 16.3. The summed E-state index contributed by atoms with van der Waals surface area (Å²) in [5, 5.41) is 3.88. The summed E-state index contributed by atoms with van der Waals surface area (Å²) in [6.07, 6.45) is 14.1. The number of para-hydroxylation sites is 3. The number of benzene rings is 8. The average Bonchev–Trinajstić information content (AvgIpc) is 4.02. The second-order valence-electron chi connectivity index (χ2n) is 17.2. The van der Waals surface area contributed by atoms with Gasteiger partial charge < -0.3 is 14.0 Å². The highest BCUT2D eigenvalue weighted by molar-refractivity contribution is 6.10. The molecule has 2 unspecified atom stereocenters. The Balaban J connectivity index is 0.00000219. The molecule has 0 saturated carbocycles. The van der Waals surface area contributed by atoms with Gasteiger partial charge in [-0.05, 0) is 130 Å². The van der Waals surface area contributed by atoms with Crippen molar-refractivity contribution in [1.29, 1.82) is 0 Å². The zero-order chi connectivity index (χ0) is 43.4. The van der Waals surface area contributed by atoms with Gasteiger partial charge in [0.05, 0.1) is 22.6 Å². The fourth-order valence-electron chi connectivity index (χ4n) is 10.8. The third kappa shape index (κ3) is 6.41. The number of rotatable bonds is 6. The first-order valence-electron chi connectivity index (χ1n) is 23.2. The van der Waals surface area contributed by atoms with Crippen LogP contribution in [0.4, 0.5) is 11.4 Å². The molecule has 3 heteroatoms. The molecular formula is C62H49N3. The zero-order valence-corrected chi connectivity index (χ0v) is 36.8. The molecule has 0 amide bonds. The number of hydrogen-bond acceptors (Lipinski definition) is 1. The van der Waals surface area contributed by atoms with Gasteiger partial charge in [-0.15, -0.1) is 0 Å². The van der Waals surface area contributed by atoms with Crippen molar-refractivity contribution in [1.82, 2.24) is 9.13 Å². The van der Waals surface area contributed by atoms with E-state index in [4.69, 9.17) is 0 Å². The second kappa shape index (κ2) is 16.0. The fraction of sp³-hybridized carbons (Fsp3) is 0.0968. The molecule has 1 aliphatic heterocycles. The number of nitrogens with zero attached hydrogens (tertiary/aromatic N) is 3. The Hall–Kier alpha value is -7.88. The van der Waals surface area contributed by atoms with Gasteiger partial charge in [0.2, 0.25) is 0 Å². The smallest absolute Gasteiger partial charge is 0.0630 e. The lowest BCUT2D eigenvalue weighted by Gasteiger charge is -2.30. The molecule has 65 heavy (non-hydrogen) atoms. The predicted molar refractivity (Wildman–Crippen MR) is 276 cm³/mol. The third-order valence-corrected chi connectivity index (χ3v) is 13.7. The number of fused-ring (bicyclic) bond motifs is 9. The first kappa shape index (κ1) is 38.8. The molecule has 2 aromatic heterocycles. The van der Waals surface area contributed by atoms with E-state index in [1.165, 1.54) is 100.0 Å². The molecule has 0 radical (unpaired) electrons. The van der Waals surface area contributed by atoms with Crippen molar-refractivity contribution in [2.24, 2.45) is 0 Å². The van der Waals surface area contributed by atoms with Gasteiger partial charge in [-0.3, -0.25) is 0 Å². The van der Waals surface area contributed by atoms with E-state index in [2.05, 4.69) is 239 Å². The summed E-state index contributed by atoms with van der Waals surface area (Å²) in [6, 6.07) is 71.6. The van der Waals surface area contributed by atoms with Gasteiger partial charge in [0.1, 0.15) is 0 Å². The Morgan fingerprint density at radius 1 is 0.446 bits per heavy atom. The molecule has 3 heterocycles. The van der Waals surface area contributed by atoms with E-state index in [1.54, 1.807) is 0 Å². The molecule has 0 saturated heterocycles. The van der Waals surface area contributed by atoms with E-state index in [1.807, 2.05) is 13.8 Å². The molecule has 2 aliphatic carbocycles. The largest absolute Gasteiger partial charge is 0.333 e. The van der Waals surface area contributed by atoms with Crippen molar-refractivity contribution in [3.63, 3.8) is 0 Å². The minimum atomic E-state index is 0.183. The average molecular weight is 836 g/mol. The summed E-state index contributed by atoms with van der Waals surface area (Å²) in [5.41, 5.74) is 20.1. The maximum atomic E-state index is 2.58. The molecule has 312 valence electrons. The minimum Gasteiger partial charge on any atom is -0.333 e. The van der Waals surface area contributed by atoms with Gasteiger partial charge in [0, 0.05) is 50.5 Å². The van der Waals surface area contributed by atoms with E-state index in [0.717, 1.165) is 18.5 Å². The van der Waals surface area contributed by atoms with Gasteiger partial charge in [-0.2, -0.15) is 0 Å². The number of hydrogen-bond donors (Lipinski definition) is 0. The molecule has 0 spiro atoms. The van der Waals surface area contributed by atoms with E-state index < -0.39 is 0 Å². The van der Waals surface area contributed by atoms with E-state index >= 15 is 0 Å². The van der Waals surface area contributed by atoms with Crippen LogP contribution in [0.15, 0.2) is 218 Å². The summed E-state index contributed by atoms with van der Waals surface area (Å²) >= 11 is 0. The van der Waals surface area contributed by atoms with Crippen molar-refractivity contribution in [2.45, 2.75) is 38.6 Å². The van der Waals surface area contributed by atoms with Gasteiger partial charge in [0.15, 0.2) is 0 Å². The van der Waals surface area contributed by atoms with E-state index in [0.29, 0.717) is 0 Å². The summed E-state index contributed by atoms with van der Waals surface area (Å²) in [4.78, 5) is 2.58. The van der Waals surface area contributed by atoms with Crippen LogP contribution in [0.5, 0.6) is 0 Å². The normalized spacial score (nSPS) is 16.0. The van der Waals surface area contributed by atoms with Crippen molar-refractivity contribution < 1.29 is 0 Å². The Bertz CT molecular complexity index is 3510. The highest BCUT2D eigenvalue weighted by Gasteiger charge is 2.38. The van der Waals surface area contributed by atoms with Gasteiger partial charge in [-0.1, -0.05) is 166 Å². The highest BCUT2D eigenvalue weighted by Crippen LogP contribution is 2.50. The van der Waals surface area contributed by atoms with Crippen molar-refractivity contribution in [3.8, 4) is 33.6 Å². The first-order valence-corrected chi connectivity index (χ1v) is 23.2. The maximum absolute atomic E-state index is 2.58. The third-order valence-electron chi connectivity index (χ3n) is 13.7. The molecule has 2 atom stereocenters. The number of allylic oxidation sites excluding steroid dienone is 3. The molecule has 13 rings (SSSR count). The van der Waals surface area contributed by atoms with Crippen molar-refractivity contribution >= 4 is 55.7 Å². The maximum Gasteiger partial charge on any atom is 0.0630 e. The van der Waals surface area contributed by atoms with Crippen molar-refractivity contribution in [3.05, 3.63) is 241 Å². The molecule has 0 fully saturated rings. The summed E-state index contributed by atoms with van der Waals surface area (Å²) in [7, 11) is 0. The van der Waals surface area contributed by atoms with Gasteiger partial charge in [-0.25, -0.2) is 0 Å². The van der Waals surface area contributed by atoms with Gasteiger partial charge >= 0.3 is 0 Å². The van der Waals surface area contributed by atoms with Crippen LogP contribution in [0.1, 0.15) is 48.6 Å². The standard InChI is InChI=1S/C60H43N3.C2H6/c1-3-14-40(15-4-1)41-26-28-42(29-27-41)43-16-13-19-47(36-43)62-56-24-11-7-20-49(56)52-37-44(30-33-58(52)62)45-31-34-59-53(38-45)50-21-8-12-25-57(50)63(59)48-32-35-60-54(39-48)51-22-9-10-23-55(51)61(60)46-17-5-2-6-18-46;1-2/h1-8,10-21,23-39,53,59H,9,22H2;1-2H3. The van der Waals surface area contributed by atoms with Gasteiger partial charge in [0.25, 0.3) is 0 Å². The Labute approximate surface area is 381 Å². The molecule has 3 nitrogen and oxygen atoms in total. The molecule has 0 N–H and O–H groups in total. The van der Waals surface area contributed by atoms with Crippen LogP contribution in [0.2, 0.25) is 0 Å². The van der Waals surface area contributed by atoms with Crippen LogP contribution in [0.25, 0.3) is 78.0 Å². The second-order valence-corrected chi connectivity index (χ2v) is 17.2. The Morgan fingerprint density at radius 3 is 1.94 bits per heavy atom. The molecule has 0 bridgehead atoms. The number of anilines is 2. The molecular weight excluding hydrogens is 787 g/mol. The lowest BCUT2D eigenvalue weighted by molar-refractivity contribution is 0.747. The van der Waals surface area contributed by atoms with Crippen LogP contribution in [-0.4, -0.2) is 15.2 Å². The lowest BCUT2D eigenvalue weighted by Crippen LogP contribution is -2.28. The highest BCUT2D eigenvalue weighted by atomic mass is 15.2. The topological polar surface area (TPSA) is 13.1 Å². The number of aromatic nitrogens is 2. The zero-order valence-electron chi connectivity index (χ0n) is 36.8. The lowest BCUT2D eigenvalue weighted by atomic mass is 9.86. The minimum absolute atomic E-state index is 0.183. The SMILES string of the molecule is C1=Cc2c(c3cc(N4c5ccccc5C5C=C(c6ccc7c(c6)c6ccccc6n7-c6cccc(-c7ccc(-c8ccccc8)cc7)c6)C=CC54)ccc3n2-c2ccccc2)CC1.CC.